The number of carbonyl (C=O) groups is 2. The molecule has 0 bridgehead atoms. The number of hydrogen-bond donors (Lipinski definition) is 2. The van der Waals surface area contributed by atoms with Crippen molar-refractivity contribution in [2.24, 2.45) is 0 Å². The largest absolute Gasteiger partial charge is 0.322 e. The van der Waals surface area contributed by atoms with Crippen LogP contribution in [0.3, 0.4) is 0 Å². The molecule has 0 saturated carbocycles. The number of aryl methyl sites for hydroxylation is 2. The lowest BCUT2D eigenvalue weighted by Gasteiger charge is -2.23. The number of nitrogens with zero attached hydrogens (tertiary/aromatic N) is 3. The maximum absolute atomic E-state index is 12.9. The molecular weight excluding hydrogens is 434 g/mol. The van der Waals surface area contributed by atoms with Crippen molar-refractivity contribution in [3.63, 3.8) is 0 Å². The number of anilines is 2. The molecule has 2 aromatic carbocycles. The van der Waals surface area contributed by atoms with E-state index in [-0.39, 0.29) is 23.0 Å². The maximum Gasteiger partial charge on any atom is 0.322 e. The second-order valence-electron chi connectivity index (χ2n) is 7.51. The average Bonchev–Trinajstić information content (AvgIpc) is 3.42. The number of halogens is 1. The molecule has 1 aromatic heterocycles. The van der Waals surface area contributed by atoms with E-state index in [9.17, 15) is 9.59 Å². The summed E-state index contributed by atoms with van der Waals surface area (Å²) in [6, 6.07) is 12.5. The highest BCUT2D eigenvalue weighted by Crippen LogP contribution is 2.34. The molecule has 1 aliphatic rings. The second-order valence-corrected chi connectivity index (χ2v) is 8.95. The molecular formula is C22H22ClN5O2S. The van der Waals surface area contributed by atoms with Gasteiger partial charge in [0.05, 0.1) is 6.04 Å². The molecule has 7 nitrogen and oxygen atoms in total. The SMILES string of the molecule is Cc1ccc(NC(=O)c2nnc([C@H]3CCCN3C(=O)Nc3cc(Cl)ccc3C)s2)cc1. The van der Waals surface area contributed by atoms with Gasteiger partial charge in [-0.15, -0.1) is 10.2 Å². The van der Waals surface area contributed by atoms with Crippen LogP contribution in [0, 0.1) is 13.8 Å². The van der Waals surface area contributed by atoms with E-state index in [1.165, 1.54) is 11.3 Å². The lowest BCUT2D eigenvalue weighted by atomic mass is 10.2. The Morgan fingerprint density at radius 2 is 1.87 bits per heavy atom. The normalized spacial score (nSPS) is 15.7. The van der Waals surface area contributed by atoms with Crippen LogP contribution in [-0.4, -0.2) is 33.6 Å². The Balaban J connectivity index is 1.45. The zero-order valence-corrected chi connectivity index (χ0v) is 18.8. The van der Waals surface area contributed by atoms with Crippen LogP contribution in [-0.2, 0) is 0 Å². The van der Waals surface area contributed by atoms with Crippen molar-refractivity contribution in [2.45, 2.75) is 32.7 Å². The first kappa shape index (κ1) is 21.3. The van der Waals surface area contributed by atoms with E-state index in [1.54, 1.807) is 17.0 Å². The number of amides is 3. The molecule has 31 heavy (non-hydrogen) atoms. The Labute approximate surface area is 189 Å². The summed E-state index contributed by atoms with van der Waals surface area (Å²) < 4.78 is 0. The number of urea groups is 1. The number of likely N-dealkylation sites (tertiary alicyclic amines) is 1. The molecule has 9 heteroatoms. The summed E-state index contributed by atoms with van der Waals surface area (Å²) in [7, 11) is 0. The molecule has 2 N–H and O–H groups in total. The van der Waals surface area contributed by atoms with Crippen LogP contribution >= 0.6 is 22.9 Å². The van der Waals surface area contributed by atoms with Crippen molar-refractivity contribution < 1.29 is 9.59 Å². The van der Waals surface area contributed by atoms with Crippen LogP contribution < -0.4 is 10.6 Å². The molecule has 0 spiro atoms. The third-order valence-corrected chi connectivity index (χ3v) is 6.44. The van der Waals surface area contributed by atoms with Crippen molar-refractivity contribution >= 4 is 46.3 Å². The third kappa shape index (κ3) is 4.86. The van der Waals surface area contributed by atoms with Crippen LogP contribution in [0.4, 0.5) is 16.2 Å². The highest BCUT2D eigenvalue weighted by atomic mass is 35.5. The number of nitrogens with one attached hydrogen (secondary N) is 2. The standard InChI is InChI=1S/C22H22ClN5O2S/c1-13-5-9-16(10-6-13)24-19(29)21-27-26-20(31-21)18-4-3-11-28(18)22(30)25-17-12-15(23)8-7-14(17)2/h5-10,12,18H,3-4,11H2,1-2H3,(H,24,29)(H,25,30)/t18-/m1/s1. The molecule has 1 aliphatic heterocycles. The lowest BCUT2D eigenvalue weighted by molar-refractivity contribution is 0.102. The van der Waals surface area contributed by atoms with Gasteiger partial charge in [0.1, 0.15) is 5.01 Å². The molecule has 2 heterocycles. The maximum atomic E-state index is 12.9. The summed E-state index contributed by atoms with van der Waals surface area (Å²) in [4.78, 5) is 27.2. The van der Waals surface area contributed by atoms with Crippen molar-refractivity contribution in [1.29, 1.82) is 0 Å². The number of carbonyl (C=O) groups excluding carboxylic acids is 2. The summed E-state index contributed by atoms with van der Waals surface area (Å²) >= 11 is 7.28. The summed E-state index contributed by atoms with van der Waals surface area (Å²) in [6.07, 6.45) is 1.63. The van der Waals surface area contributed by atoms with Gasteiger partial charge in [0.15, 0.2) is 0 Å². The second kappa shape index (κ2) is 9.03. The Hall–Kier alpha value is -2.97. The van der Waals surface area contributed by atoms with Gasteiger partial charge in [-0.2, -0.15) is 0 Å². The van der Waals surface area contributed by atoms with Gasteiger partial charge in [-0.05, 0) is 56.5 Å². The minimum absolute atomic E-state index is 0.210. The Morgan fingerprint density at radius 1 is 1.10 bits per heavy atom. The first-order valence-corrected chi connectivity index (χ1v) is 11.2. The predicted molar refractivity (Wildman–Crippen MR) is 123 cm³/mol. The van der Waals surface area contributed by atoms with Gasteiger partial charge < -0.3 is 15.5 Å². The van der Waals surface area contributed by atoms with Crippen LogP contribution in [0.2, 0.25) is 5.02 Å². The fourth-order valence-corrected chi connectivity index (χ4v) is 4.52. The topological polar surface area (TPSA) is 87.2 Å². The highest BCUT2D eigenvalue weighted by Gasteiger charge is 2.33. The molecule has 160 valence electrons. The molecule has 1 atom stereocenters. The molecule has 3 aromatic rings. The molecule has 0 aliphatic carbocycles. The predicted octanol–water partition coefficient (Wildman–Crippen LogP) is 5.43. The van der Waals surface area contributed by atoms with Crippen molar-refractivity contribution in [3.05, 3.63) is 68.6 Å². The van der Waals surface area contributed by atoms with Gasteiger partial charge in [0.25, 0.3) is 5.91 Å². The zero-order chi connectivity index (χ0) is 22.0. The zero-order valence-electron chi connectivity index (χ0n) is 17.2. The molecule has 1 saturated heterocycles. The van der Waals surface area contributed by atoms with Gasteiger partial charge in [-0.3, -0.25) is 4.79 Å². The van der Waals surface area contributed by atoms with E-state index in [2.05, 4.69) is 20.8 Å². The molecule has 0 radical (unpaired) electrons. The van der Waals surface area contributed by atoms with E-state index in [4.69, 9.17) is 11.6 Å². The fraction of sp³-hybridized carbons (Fsp3) is 0.273. The van der Waals surface area contributed by atoms with Crippen LogP contribution in [0.25, 0.3) is 0 Å². The van der Waals surface area contributed by atoms with Crippen LogP contribution in [0.15, 0.2) is 42.5 Å². The first-order valence-electron chi connectivity index (χ1n) is 9.96. The van der Waals surface area contributed by atoms with Gasteiger partial charge in [-0.1, -0.05) is 46.7 Å². The molecule has 4 rings (SSSR count). The first-order chi connectivity index (χ1) is 14.9. The van der Waals surface area contributed by atoms with E-state index in [0.29, 0.717) is 27.9 Å². The molecule has 3 amide bonds. The number of rotatable bonds is 4. The number of hydrogen-bond acceptors (Lipinski definition) is 5. The Kier molecular flexibility index (Phi) is 6.20. The van der Waals surface area contributed by atoms with Crippen LogP contribution in [0.1, 0.15) is 44.8 Å². The summed E-state index contributed by atoms with van der Waals surface area (Å²) in [6.45, 7) is 4.51. The number of aromatic nitrogens is 2. The van der Waals surface area contributed by atoms with E-state index in [1.807, 2.05) is 44.2 Å². The monoisotopic (exact) mass is 455 g/mol. The van der Waals surface area contributed by atoms with Gasteiger partial charge in [0, 0.05) is 22.9 Å². The van der Waals surface area contributed by atoms with Crippen molar-refractivity contribution in [3.8, 4) is 0 Å². The van der Waals surface area contributed by atoms with Gasteiger partial charge in [0.2, 0.25) is 5.01 Å². The van der Waals surface area contributed by atoms with E-state index in [0.717, 1.165) is 24.0 Å². The summed E-state index contributed by atoms with van der Waals surface area (Å²) in [5, 5.41) is 15.5. The minimum atomic E-state index is -0.309. The van der Waals surface area contributed by atoms with Crippen LogP contribution in [0.5, 0.6) is 0 Å². The molecule has 1 fully saturated rings. The Bertz CT molecular complexity index is 1120. The smallest absolute Gasteiger partial charge is 0.320 e. The van der Waals surface area contributed by atoms with Crippen molar-refractivity contribution in [1.82, 2.24) is 15.1 Å². The molecule has 0 unspecified atom stereocenters. The third-order valence-electron chi connectivity index (χ3n) is 5.18. The van der Waals surface area contributed by atoms with Gasteiger partial charge in [-0.25, -0.2) is 4.79 Å². The van der Waals surface area contributed by atoms with Gasteiger partial charge >= 0.3 is 6.03 Å². The summed E-state index contributed by atoms with van der Waals surface area (Å²) in [5.41, 5.74) is 3.42. The van der Waals surface area contributed by atoms with E-state index < -0.39 is 0 Å². The van der Waals surface area contributed by atoms with Crippen molar-refractivity contribution in [2.75, 3.05) is 17.2 Å². The number of benzene rings is 2. The highest BCUT2D eigenvalue weighted by molar-refractivity contribution is 7.13. The average molecular weight is 456 g/mol. The fourth-order valence-electron chi connectivity index (χ4n) is 3.46. The minimum Gasteiger partial charge on any atom is -0.320 e. The lowest BCUT2D eigenvalue weighted by Crippen LogP contribution is -2.34. The van der Waals surface area contributed by atoms with E-state index >= 15 is 0 Å². The Morgan fingerprint density at radius 3 is 2.65 bits per heavy atom. The summed E-state index contributed by atoms with van der Waals surface area (Å²) in [5.74, 6) is -0.309. The quantitative estimate of drug-likeness (QED) is 0.549.